The Morgan fingerprint density at radius 2 is 2.36 bits per heavy atom. The van der Waals surface area contributed by atoms with E-state index in [4.69, 9.17) is 4.74 Å². The average Bonchev–Trinajstić information content (AvgIpc) is 1.79. The molecule has 1 aliphatic rings. The standard InChI is InChI=1S/C9H10O2/c1-7(2)6-11-9(10)8-4-3-5-8/h3-5H,1,6H2,2H3. The summed E-state index contributed by atoms with van der Waals surface area (Å²) in [5.74, 6) is -0.268. The fourth-order valence-corrected chi connectivity index (χ4v) is 0.601. The second-order valence-corrected chi connectivity index (χ2v) is 2.51. The molecular formula is C9H10O2. The quantitative estimate of drug-likeness (QED) is 0.451. The minimum absolute atomic E-state index is 0.268. The lowest BCUT2D eigenvalue weighted by Crippen LogP contribution is -2.09. The number of carbonyl (C=O) groups excluding carboxylic acids is 1. The molecule has 58 valence electrons. The van der Waals surface area contributed by atoms with E-state index in [0.717, 1.165) is 5.57 Å². The van der Waals surface area contributed by atoms with Crippen LogP contribution in [0.3, 0.4) is 0 Å². The van der Waals surface area contributed by atoms with Crippen molar-refractivity contribution in [1.82, 2.24) is 0 Å². The summed E-state index contributed by atoms with van der Waals surface area (Å²) in [6.07, 6.45) is 5.25. The van der Waals surface area contributed by atoms with Gasteiger partial charge in [0.2, 0.25) is 0 Å². The summed E-state index contributed by atoms with van der Waals surface area (Å²) in [5.41, 5.74) is 1.48. The lowest BCUT2D eigenvalue weighted by Gasteiger charge is -2.06. The highest BCUT2D eigenvalue weighted by atomic mass is 16.5. The summed E-state index contributed by atoms with van der Waals surface area (Å²) in [7, 11) is 0. The van der Waals surface area contributed by atoms with Crippen molar-refractivity contribution in [3.63, 3.8) is 0 Å². The monoisotopic (exact) mass is 150 g/mol. The maximum Gasteiger partial charge on any atom is 0.338 e. The molecule has 0 spiro atoms. The van der Waals surface area contributed by atoms with Crippen LogP contribution in [0.1, 0.15) is 6.92 Å². The van der Waals surface area contributed by atoms with E-state index in [1.807, 2.05) is 6.92 Å². The second-order valence-electron chi connectivity index (χ2n) is 2.51. The molecule has 0 radical (unpaired) electrons. The SMILES string of the molecule is C=C(C)COC(=O)C1=CC=C1. The Morgan fingerprint density at radius 3 is 2.73 bits per heavy atom. The first-order valence-corrected chi connectivity index (χ1v) is 3.40. The molecule has 2 heteroatoms. The second kappa shape index (κ2) is 3.19. The molecule has 1 aliphatic carbocycles. The van der Waals surface area contributed by atoms with Crippen LogP contribution in [0, 0.1) is 0 Å². The highest BCUT2D eigenvalue weighted by molar-refractivity contribution is 5.94. The third-order valence-corrected chi connectivity index (χ3v) is 1.24. The molecule has 0 heterocycles. The van der Waals surface area contributed by atoms with Gasteiger partial charge in [0.15, 0.2) is 0 Å². The van der Waals surface area contributed by atoms with Crippen LogP contribution in [-0.4, -0.2) is 12.6 Å². The van der Waals surface area contributed by atoms with Crippen molar-refractivity contribution in [2.24, 2.45) is 0 Å². The molecule has 0 saturated carbocycles. The number of esters is 1. The smallest absolute Gasteiger partial charge is 0.338 e. The van der Waals surface area contributed by atoms with Crippen LogP contribution < -0.4 is 0 Å². The number of allylic oxidation sites excluding steroid dienone is 2. The molecule has 0 saturated heterocycles. The van der Waals surface area contributed by atoms with Gasteiger partial charge in [0.05, 0.1) is 5.57 Å². The van der Waals surface area contributed by atoms with Crippen molar-refractivity contribution < 1.29 is 9.53 Å². The van der Waals surface area contributed by atoms with E-state index >= 15 is 0 Å². The van der Waals surface area contributed by atoms with Crippen LogP contribution in [0.25, 0.3) is 0 Å². The summed E-state index contributed by atoms with van der Waals surface area (Å²) < 4.78 is 4.85. The van der Waals surface area contributed by atoms with Crippen molar-refractivity contribution in [2.75, 3.05) is 6.61 Å². The first kappa shape index (κ1) is 7.79. The third-order valence-electron chi connectivity index (χ3n) is 1.24. The van der Waals surface area contributed by atoms with Crippen molar-refractivity contribution >= 4 is 5.97 Å². The Morgan fingerprint density at radius 1 is 1.73 bits per heavy atom. The van der Waals surface area contributed by atoms with Crippen molar-refractivity contribution in [2.45, 2.75) is 6.92 Å². The fourth-order valence-electron chi connectivity index (χ4n) is 0.601. The molecule has 0 amide bonds. The van der Waals surface area contributed by atoms with Crippen LogP contribution in [0.4, 0.5) is 0 Å². The highest BCUT2D eigenvalue weighted by Gasteiger charge is 2.10. The van der Waals surface area contributed by atoms with E-state index < -0.39 is 0 Å². The van der Waals surface area contributed by atoms with Gasteiger partial charge in [-0.05, 0) is 24.6 Å². The van der Waals surface area contributed by atoms with Gasteiger partial charge in [-0.1, -0.05) is 12.7 Å². The summed E-state index contributed by atoms with van der Waals surface area (Å²) in [4.78, 5) is 10.9. The van der Waals surface area contributed by atoms with Crippen LogP contribution >= 0.6 is 0 Å². The first-order valence-electron chi connectivity index (χ1n) is 3.40. The Balaban J connectivity index is 2.27. The topological polar surface area (TPSA) is 26.3 Å². The first-order chi connectivity index (χ1) is 5.20. The predicted molar refractivity (Wildman–Crippen MR) is 43.0 cm³/mol. The zero-order valence-electron chi connectivity index (χ0n) is 6.46. The average molecular weight is 150 g/mol. The molecular weight excluding hydrogens is 140 g/mol. The van der Waals surface area contributed by atoms with E-state index in [-0.39, 0.29) is 5.97 Å². The van der Waals surface area contributed by atoms with Crippen LogP contribution in [0.2, 0.25) is 0 Å². The molecule has 11 heavy (non-hydrogen) atoms. The molecule has 0 fully saturated rings. The zero-order valence-corrected chi connectivity index (χ0v) is 6.46. The van der Waals surface area contributed by atoms with E-state index in [9.17, 15) is 4.79 Å². The summed E-state index contributed by atoms with van der Waals surface area (Å²) in [5, 5.41) is 0. The van der Waals surface area contributed by atoms with Gasteiger partial charge in [-0.3, -0.25) is 0 Å². The van der Waals surface area contributed by atoms with Crippen molar-refractivity contribution in [1.29, 1.82) is 0 Å². The Labute approximate surface area is 65.9 Å². The molecule has 1 rings (SSSR count). The van der Waals surface area contributed by atoms with Crippen molar-refractivity contribution in [3.8, 4) is 0 Å². The number of carbonyl (C=O) groups is 1. The van der Waals surface area contributed by atoms with Gasteiger partial charge in [-0.2, -0.15) is 0 Å². The van der Waals surface area contributed by atoms with Gasteiger partial charge in [0.25, 0.3) is 0 Å². The molecule has 0 aliphatic heterocycles. The maximum atomic E-state index is 10.9. The molecule has 0 aromatic rings. The van der Waals surface area contributed by atoms with Gasteiger partial charge < -0.3 is 4.74 Å². The van der Waals surface area contributed by atoms with Gasteiger partial charge >= 0.3 is 5.97 Å². The van der Waals surface area contributed by atoms with E-state index in [1.165, 1.54) is 0 Å². The summed E-state index contributed by atoms with van der Waals surface area (Å²) >= 11 is 0. The summed E-state index contributed by atoms with van der Waals surface area (Å²) in [6.45, 7) is 5.74. The van der Waals surface area contributed by atoms with Gasteiger partial charge in [-0.25, -0.2) is 4.79 Å². The Hall–Kier alpha value is -1.31. The molecule has 0 bridgehead atoms. The van der Waals surface area contributed by atoms with Gasteiger partial charge in [-0.15, -0.1) is 0 Å². The maximum absolute atomic E-state index is 10.9. The molecule has 0 unspecified atom stereocenters. The molecule has 0 aromatic heterocycles. The summed E-state index contributed by atoms with van der Waals surface area (Å²) in [6, 6.07) is 0. The zero-order chi connectivity index (χ0) is 8.27. The van der Waals surface area contributed by atoms with E-state index in [2.05, 4.69) is 6.58 Å². The van der Waals surface area contributed by atoms with Crippen LogP contribution in [-0.2, 0) is 9.53 Å². The Kier molecular flexibility index (Phi) is 2.26. The molecule has 2 nitrogen and oxygen atoms in total. The minimum Gasteiger partial charge on any atom is -0.458 e. The number of hydrogen-bond acceptors (Lipinski definition) is 2. The Bertz CT molecular complexity index is 246. The van der Waals surface area contributed by atoms with Crippen LogP contribution in [0.5, 0.6) is 0 Å². The minimum atomic E-state index is -0.268. The number of ether oxygens (including phenoxy) is 1. The van der Waals surface area contributed by atoms with Crippen LogP contribution in [0.15, 0.2) is 36.0 Å². The lowest BCUT2D eigenvalue weighted by atomic mass is 10.1. The molecule has 0 atom stereocenters. The predicted octanol–water partition coefficient (Wildman–Crippen LogP) is 1.60. The van der Waals surface area contributed by atoms with Gasteiger partial charge in [0.1, 0.15) is 6.61 Å². The van der Waals surface area contributed by atoms with E-state index in [1.54, 1.807) is 18.2 Å². The third kappa shape index (κ3) is 2.08. The largest absolute Gasteiger partial charge is 0.458 e. The number of rotatable bonds is 3. The van der Waals surface area contributed by atoms with E-state index in [0.29, 0.717) is 12.2 Å². The normalized spacial score (nSPS) is 13.4. The van der Waals surface area contributed by atoms with Crippen molar-refractivity contribution in [3.05, 3.63) is 36.0 Å². The number of hydrogen-bond donors (Lipinski definition) is 0. The lowest BCUT2D eigenvalue weighted by molar-refractivity contribution is -0.137. The highest BCUT2D eigenvalue weighted by Crippen LogP contribution is 2.09. The fraction of sp³-hybridized carbons (Fsp3) is 0.222. The molecule has 0 N–H and O–H groups in total. The van der Waals surface area contributed by atoms with Gasteiger partial charge in [0, 0.05) is 0 Å². The molecule has 0 aromatic carbocycles.